The first-order valence-electron chi connectivity index (χ1n) is 8.13. The van der Waals surface area contributed by atoms with Gasteiger partial charge in [0.2, 0.25) is 0 Å². The van der Waals surface area contributed by atoms with Crippen molar-refractivity contribution < 1.29 is 0 Å². The van der Waals surface area contributed by atoms with Crippen molar-refractivity contribution in [2.75, 3.05) is 0 Å². The fourth-order valence-electron chi connectivity index (χ4n) is 4.41. The average Bonchev–Trinajstić information content (AvgIpc) is 3.14. The van der Waals surface area contributed by atoms with Crippen LogP contribution in [0.2, 0.25) is 5.02 Å². The first-order chi connectivity index (χ1) is 9.63. The molecule has 0 spiro atoms. The van der Waals surface area contributed by atoms with Gasteiger partial charge in [-0.25, -0.2) is 0 Å². The van der Waals surface area contributed by atoms with Crippen LogP contribution < -0.4 is 5.73 Å². The maximum atomic E-state index is 6.54. The fraction of sp³-hybridized carbons (Fsp3) is 0.812. The molecule has 0 aliphatic heterocycles. The molecule has 0 saturated heterocycles. The Kier molecular flexibility index (Phi) is 4.09. The first-order valence-corrected chi connectivity index (χ1v) is 8.51. The van der Waals surface area contributed by atoms with Gasteiger partial charge in [-0.3, -0.25) is 4.68 Å². The molecule has 20 heavy (non-hydrogen) atoms. The molecule has 2 aliphatic rings. The first kappa shape index (κ1) is 14.4. The van der Waals surface area contributed by atoms with Crippen molar-refractivity contribution in [2.24, 2.45) is 23.5 Å². The fourth-order valence-corrected chi connectivity index (χ4v) is 4.75. The van der Waals surface area contributed by atoms with Crippen LogP contribution in [0.5, 0.6) is 0 Å². The summed E-state index contributed by atoms with van der Waals surface area (Å²) < 4.78 is 2.05. The number of aromatic nitrogens is 2. The van der Waals surface area contributed by atoms with Gasteiger partial charge in [0, 0.05) is 19.0 Å². The van der Waals surface area contributed by atoms with Crippen LogP contribution in [0.3, 0.4) is 0 Å². The van der Waals surface area contributed by atoms with Crippen molar-refractivity contribution in [3.63, 3.8) is 0 Å². The van der Waals surface area contributed by atoms with E-state index in [1.807, 2.05) is 4.68 Å². The Hall–Kier alpha value is -0.540. The lowest BCUT2D eigenvalue weighted by atomic mass is 9.82. The Balaban J connectivity index is 1.75. The minimum absolute atomic E-state index is 0.245. The molecule has 1 aromatic heterocycles. The lowest BCUT2D eigenvalue weighted by Crippen LogP contribution is -2.36. The summed E-state index contributed by atoms with van der Waals surface area (Å²) in [5, 5.41) is 5.46. The Labute approximate surface area is 126 Å². The second kappa shape index (κ2) is 5.69. The summed E-state index contributed by atoms with van der Waals surface area (Å²) in [5.41, 5.74) is 8.71. The smallest absolute Gasteiger partial charge is 0.0850 e. The zero-order valence-corrected chi connectivity index (χ0v) is 13.4. The maximum absolute atomic E-state index is 6.54. The second-order valence-corrected chi connectivity index (χ2v) is 6.96. The van der Waals surface area contributed by atoms with E-state index in [2.05, 4.69) is 18.9 Å². The van der Waals surface area contributed by atoms with Gasteiger partial charge >= 0.3 is 0 Å². The molecule has 0 aromatic carbocycles. The number of halogens is 1. The van der Waals surface area contributed by atoms with E-state index in [1.54, 1.807) is 0 Å². The molecule has 2 saturated carbocycles. The van der Waals surface area contributed by atoms with E-state index in [4.69, 9.17) is 17.3 Å². The number of hydrogen-bond donors (Lipinski definition) is 1. The summed E-state index contributed by atoms with van der Waals surface area (Å²) in [7, 11) is 0. The largest absolute Gasteiger partial charge is 0.327 e. The number of aryl methyl sites for hydroxylation is 2. The lowest BCUT2D eigenvalue weighted by Gasteiger charge is -2.28. The molecule has 3 rings (SSSR count). The summed E-state index contributed by atoms with van der Waals surface area (Å²) in [6.45, 7) is 5.10. The van der Waals surface area contributed by atoms with Crippen LogP contribution in [0.4, 0.5) is 0 Å². The average molecular weight is 296 g/mol. The topological polar surface area (TPSA) is 43.8 Å². The number of hydrogen-bond acceptors (Lipinski definition) is 2. The molecule has 4 unspecified atom stereocenters. The number of fused-ring (bicyclic) bond motifs is 2. The van der Waals surface area contributed by atoms with Crippen molar-refractivity contribution in [3.05, 3.63) is 16.4 Å². The lowest BCUT2D eigenvalue weighted by molar-refractivity contribution is 0.277. The standard InChI is InChI=1S/C16H26ClN3/c1-3-14-16(17)15(20(4-2)19-14)9-13(18)12-8-10-5-6-11(12)7-10/h10-13H,3-9,18H2,1-2H3. The molecule has 2 fully saturated rings. The Morgan fingerprint density at radius 2 is 2.15 bits per heavy atom. The highest BCUT2D eigenvalue weighted by atomic mass is 35.5. The van der Waals surface area contributed by atoms with Crippen LogP contribution in [-0.2, 0) is 19.4 Å². The molecule has 3 nitrogen and oxygen atoms in total. The van der Waals surface area contributed by atoms with Crippen molar-refractivity contribution in [3.8, 4) is 0 Å². The molecular formula is C16H26ClN3. The molecule has 4 atom stereocenters. The van der Waals surface area contributed by atoms with Gasteiger partial charge in [-0.2, -0.15) is 5.10 Å². The normalized spacial score (nSPS) is 30.1. The Bertz CT molecular complexity index is 482. The second-order valence-electron chi connectivity index (χ2n) is 6.58. The predicted octanol–water partition coefficient (Wildman–Crippen LogP) is 3.42. The van der Waals surface area contributed by atoms with Gasteiger partial charge in [0.15, 0.2) is 0 Å². The number of nitrogens with two attached hydrogens (primary N) is 1. The highest BCUT2D eigenvalue weighted by Gasteiger charge is 2.42. The summed E-state index contributed by atoms with van der Waals surface area (Å²) in [5.74, 6) is 2.53. The van der Waals surface area contributed by atoms with Gasteiger partial charge in [0.1, 0.15) is 0 Å². The summed E-state index contributed by atoms with van der Waals surface area (Å²) in [6, 6.07) is 0.245. The molecule has 112 valence electrons. The third-order valence-electron chi connectivity index (χ3n) is 5.47. The predicted molar refractivity (Wildman–Crippen MR) is 82.9 cm³/mol. The SMILES string of the molecule is CCc1nn(CC)c(CC(N)C2CC3CCC2C3)c1Cl. The van der Waals surface area contributed by atoms with Gasteiger partial charge in [-0.1, -0.05) is 24.9 Å². The molecule has 1 aromatic rings. The Morgan fingerprint density at radius 3 is 2.70 bits per heavy atom. The van der Waals surface area contributed by atoms with E-state index in [1.165, 1.54) is 25.7 Å². The van der Waals surface area contributed by atoms with Crippen LogP contribution in [0, 0.1) is 17.8 Å². The van der Waals surface area contributed by atoms with E-state index in [0.29, 0.717) is 5.92 Å². The zero-order valence-electron chi connectivity index (χ0n) is 12.6. The monoisotopic (exact) mass is 295 g/mol. The van der Waals surface area contributed by atoms with E-state index >= 15 is 0 Å². The molecule has 0 radical (unpaired) electrons. The van der Waals surface area contributed by atoms with Gasteiger partial charge in [-0.15, -0.1) is 0 Å². The molecule has 1 heterocycles. The van der Waals surface area contributed by atoms with Crippen molar-refractivity contribution >= 4 is 11.6 Å². The molecule has 4 heteroatoms. The zero-order chi connectivity index (χ0) is 14.3. The molecule has 2 bridgehead atoms. The highest BCUT2D eigenvalue weighted by Crippen LogP contribution is 2.49. The summed E-state index contributed by atoms with van der Waals surface area (Å²) in [6.07, 6.45) is 7.35. The van der Waals surface area contributed by atoms with Crippen LogP contribution in [0.25, 0.3) is 0 Å². The Morgan fingerprint density at radius 1 is 1.35 bits per heavy atom. The van der Waals surface area contributed by atoms with Crippen LogP contribution in [-0.4, -0.2) is 15.8 Å². The van der Waals surface area contributed by atoms with Gasteiger partial charge < -0.3 is 5.73 Å². The van der Waals surface area contributed by atoms with Crippen LogP contribution in [0.15, 0.2) is 0 Å². The number of rotatable bonds is 5. The van der Waals surface area contributed by atoms with Crippen molar-refractivity contribution in [1.82, 2.24) is 9.78 Å². The van der Waals surface area contributed by atoms with E-state index in [-0.39, 0.29) is 6.04 Å². The van der Waals surface area contributed by atoms with Gasteiger partial charge in [0.25, 0.3) is 0 Å². The minimum atomic E-state index is 0.245. The van der Waals surface area contributed by atoms with Crippen molar-refractivity contribution in [1.29, 1.82) is 0 Å². The molecule has 2 aliphatic carbocycles. The van der Waals surface area contributed by atoms with Crippen molar-refractivity contribution in [2.45, 2.75) is 65.0 Å². The maximum Gasteiger partial charge on any atom is 0.0850 e. The molecular weight excluding hydrogens is 270 g/mol. The molecule has 2 N–H and O–H groups in total. The quantitative estimate of drug-likeness (QED) is 0.904. The number of nitrogens with zero attached hydrogens (tertiary/aromatic N) is 2. The van der Waals surface area contributed by atoms with Crippen LogP contribution >= 0.6 is 11.6 Å². The van der Waals surface area contributed by atoms with Gasteiger partial charge in [0.05, 0.1) is 16.4 Å². The third-order valence-corrected chi connectivity index (χ3v) is 5.90. The van der Waals surface area contributed by atoms with Crippen LogP contribution in [0.1, 0.15) is 50.9 Å². The van der Waals surface area contributed by atoms with Gasteiger partial charge in [-0.05, 0) is 50.4 Å². The highest BCUT2D eigenvalue weighted by molar-refractivity contribution is 6.31. The van der Waals surface area contributed by atoms with E-state index in [0.717, 1.165) is 47.6 Å². The third kappa shape index (κ3) is 2.39. The minimum Gasteiger partial charge on any atom is -0.327 e. The van der Waals surface area contributed by atoms with E-state index < -0.39 is 0 Å². The molecule has 0 amide bonds. The summed E-state index contributed by atoms with van der Waals surface area (Å²) >= 11 is 6.50. The summed E-state index contributed by atoms with van der Waals surface area (Å²) in [4.78, 5) is 0. The van der Waals surface area contributed by atoms with E-state index in [9.17, 15) is 0 Å².